The van der Waals surface area contributed by atoms with E-state index in [-0.39, 0.29) is 0 Å². The van der Waals surface area contributed by atoms with Crippen LogP contribution in [-0.4, -0.2) is 23.3 Å². The van der Waals surface area contributed by atoms with E-state index < -0.39 is 0 Å². The normalized spacial score (nSPS) is 19.2. The first kappa shape index (κ1) is 13.7. The minimum atomic E-state index is 0.386. The van der Waals surface area contributed by atoms with Gasteiger partial charge in [-0.2, -0.15) is 0 Å². The monoisotopic (exact) mass is 272 g/mol. The van der Waals surface area contributed by atoms with Crippen LogP contribution in [0.3, 0.4) is 0 Å². The van der Waals surface area contributed by atoms with Gasteiger partial charge < -0.3 is 14.6 Å². The van der Waals surface area contributed by atoms with Gasteiger partial charge in [0.2, 0.25) is 0 Å². The first-order valence-electron chi connectivity index (χ1n) is 7.66. The lowest BCUT2D eigenvalue weighted by Gasteiger charge is -2.11. The first-order valence-corrected chi connectivity index (χ1v) is 7.66. The molecule has 0 amide bonds. The summed E-state index contributed by atoms with van der Waals surface area (Å²) in [6.45, 7) is 7.20. The molecule has 3 nitrogen and oxygen atoms in total. The van der Waals surface area contributed by atoms with Crippen molar-refractivity contribution in [3.63, 3.8) is 0 Å². The predicted molar refractivity (Wildman–Crippen MR) is 82.9 cm³/mol. The molecule has 1 aromatic carbocycles. The Morgan fingerprint density at radius 3 is 2.95 bits per heavy atom. The van der Waals surface area contributed by atoms with E-state index >= 15 is 0 Å². The molecule has 3 heteroatoms. The molecular formula is C17H24N2O. The number of hydrogen-bond donors (Lipinski definition) is 1. The number of nitrogens with zero attached hydrogens (tertiary/aromatic N) is 1. The summed E-state index contributed by atoms with van der Waals surface area (Å²) in [6.07, 6.45) is 5.07. The summed E-state index contributed by atoms with van der Waals surface area (Å²) in [7, 11) is 0. The lowest BCUT2D eigenvalue weighted by atomic mass is 10.1. The molecule has 1 atom stereocenters. The third-order valence-electron chi connectivity index (χ3n) is 4.00. The minimum Gasteiger partial charge on any atom is -0.376 e. The van der Waals surface area contributed by atoms with Crippen LogP contribution in [0.15, 0.2) is 30.5 Å². The fourth-order valence-electron chi connectivity index (χ4n) is 2.94. The molecule has 108 valence electrons. The number of benzene rings is 1. The zero-order chi connectivity index (χ0) is 13.9. The third kappa shape index (κ3) is 2.89. The van der Waals surface area contributed by atoms with Crippen LogP contribution < -0.4 is 5.32 Å². The van der Waals surface area contributed by atoms with Gasteiger partial charge in [0.1, 0.15) is 0 Å². The van der Waals surface area contributed by atoms with Crippen LogP contribution in [0.1, 0.15) is 32.3 Å². The van der Waals surface area contributed by atoms with Crippen molar-refractivity contribution in [3.8, 4) is 0 Å². The van der Waals surface area contributed by atoms with Crippen LogP contribution in [0.5, 0.6) is 0 Å². The maximum Gasteiger partial charge on any atom is 0.0754 e. The lowest BCUT2D eigenvalue weighted by molar-refractivity contribution is 0.0980. The van der Waals surface area contributed by atoms with E-state index in [1.54, 1.807) is 0 Å². The molecule has 1 aliphatic heterocycles. The zero-order valence-corrected chi connectivity index (χ0v) is 12.4. The Morgan fingerprint density at radius 2 is 2.20 bits per heavy atom. The Bertz CT molecular complexity index is 567. The van der Waals surface area contributed by atoms with Gasteiger partial charge in [-0.25, -0.2) is 0 Å². The molecule has 0 saturated carbocycles. The van der Waals surface area contributed by atoms with Crippen molar-refractivity contribution in [1.82, 2.24) is 9.88 Å². The van der Waals surface area contributed by atoms with Gasteiger partial charge in [-0.15, -0.1) is 0 Å². The van der Waals surface area contributed by atoms with Crippen molar-refractivity contribution < 1.29 is 4.74 Å². The van der Waals surface area contributed by atoms with E-state index in [4.69, 9.17) is 4.74 Å². The highest BCUT2D eigenvalue weighted by Gasteiger charge is 2.17. The first-order chi connectivity index (χ1) is 9.74. The molecule has 0 spiro atoms. The van der Waals surface area contributed by atoms with E-state index in [2.05, 4.69) is 54.2 Å². The van der Waals surface area contributed by atoms with Gasteiger partial charge in [0.25, 0.3) is 0 Å². The van der Waals surface area contributed by atoms with E-state index in [1.165, 1.54) is 29.3 Å². The van der Waals surface area contributed by atoms with E-state index in [9.17, 15) is 0 Å². The second kappa shape index (κ2) is 5.98. The summed E-state index contributed by atoms with van der Waals surface area (Å²) in [5.41, 5.74) is 2.70. The molecule has 1 aliphatic rings. The lowest BCUT2D eigenvalue weighted by Crippen LogP contribution is -2.21. The van der Waals surface area contributed by atoms with Crippen molar-refractivity contribution in [3.05, 3.63) is 36.0 Å². The van der Waals surface area contributed by atoms with Crippen LogP contribution in [-0.2, 0) is 17.8 Å². The van der Waals surface area contributed by atoms with E-state index in [0.29, 0.717) is 12.1 Å². The van der Waals surface area contributed by atoms with Crippen LogP contribution in [0.2, 0.25) is 0 Å². The SMILES string of the molecule is CC(C)NCc1cn(CC2CCCO2)c2ccccc12. The fourth-order valence-corrected chi connectivity index (χ4v) is 2.94. The van der Waals surface area contributed by atoms with Gasteiger partial charge in [0.05, 0.1) is 6.10 Å². The number of nitrogens with one attached hydrogen (secondary N) is 1. The van der Waals surface area contributed by atoms with Crippen LogP contribution in [0, 0.1) is 0 Å². The summed E-state index contributed by atoms with van der Waals surface area (Å²) < 4.78 is 8.14. The summed E-state index contributed by atoms with van der Waals surface area (Å²) in [5.74, 6) is 0. The van der Waals surface area contributed by atoms with Gasteiger partial charge in [-0.05, 0) is 24.5 Å². The molecule has 0 radical (unpaired) electrons. The molecule has 3 rings (SSSR count). The second-order valence-electron chi connectivity index (χ2n) is 5.99. The summed E-state index contributed by atoms with van der Waals surface area (Å²) in [5, 5.41) is 4.88. The third-order valence-corrected chi connectivity index (χ3v) is 4.00. The minimum absolute atomic E-state index is 0.386. The standard InChI is InChI=1S/C17H24N2O/c1-13(2)18-10-14-11-19(12-15-6-5-9-20-15)17-8-4-3-7-16(14)17/h3-4,7-8,11,13,15,18H,5-6,9-10,12H2,1-2H3. The number of hydrogen-bond acceptors (Lipinski definition) is 2. The number of rotatable bonds is 5. The number of ether oxygens (including phenoxy) is 1. The van der Waals surface area contributed by atoms with E-state index in [0.717, 1.165) is 19.7 Å². The smallest absolute Gasteiger partial charge is 0.0754 e. The van der Waals surface area contributed by atoms with Gasteiger partial charge in [0, 0.05) is 42.8 Å². The van der Waals surface area contributed by atoms with Gasteiger partial charge in [-0.3, -0.25) is 0 Å². The maximum atomic E-state index is 5.78. The highest BCUT2D eigenvalue weighted by Crippen LogP contribution is 2.24. The zero-order valence-electron chi connectivity index (χ0n) is 12.4. The van der Waals surface area contributed by atoms with Gasteiger partial charge in [0.15, 0.2) is 0 Å². The maximum absolute atomic E-state index is 5.78. The molecule has 20 heavy (non-hydrogen) atoms. The highest BCUT2D eigenvalue weighted by molar-refractivity contribution is 5.83. The molecule has 0 aliphatic carbocycles. The molecule has 2 aromatic rings. The largest absolute Gasteiger partial charge is 0.376 e. The Labute approximate surface area is 120 Å². The van der Waals surface area contributed by atoms with Crippen molar-refractivity contribution in [2.24, 2.45) is 0 Å². The molecule has 1 unspecified atom stereocenters. The molecule has 1 aromatic heterocycles. The molecule has 0 bridgehead atoms. The van der Waals surface area contributed by atoms with E-state index in [1.807, 2.05) is 0 Å². The van der Waals surface area contributed by atoms with Crippen molar-refractivity contribution in [1.29, 1.82) is 0 Å². The Hall–Kier alpha value is -1.32. The van der Waals surface area contributed by atoms with Crippen LogP contribution in [0.4, 0.5) is 0 Å². The average molecular weight is 272 g/mol. The van der Waals surface area contributed by atoms with Gasteiger partial charge in [-0.1, -0.05) is 32.0 Å². The molecule has 1 fully saturated rings. The molecular weight excluding hydrogens is 248 g/mol. The average Bonchev–Trinajstić information content (AvgIpc) is 3.06. The summed E-state index contributed by atoms with van der Waals surface area (Å²) in [4.78, 5) is 0. The fraction of sp³-hybridized carbons (Fsp3) is 0.529. The summed E-state index contributed by atoms with van der Waals surface area (Å²) in [6, 6.07) is 9.18. The Balaban J connectivity index is 1.87. The highest BCUT2D eigenvalue weighted by atomic mass is 16.5. The van der Waals surface area contributed by atoms with Crippen molar-refractivity contribution in [2.75, 3.05) is 6.61 Å². The number of para-hydroxylation sites is 1. The van der Waals surface area contributed by atoms with Crippen molar-refractivity contribution >= 4 is 10.9 Å². The van der Waals surface area contributed by atoms with Crippen molar-refractivity contribution in [2.45, 2.75) is 51.9 Å². The van der Waals surface area contributed by atoms with Crippen LogP contribution >= 0.6 is 0 Å². The number of fused-ring (bicyclic) bond motifs is 1. The second-order valence-corrected chi connectivity index (χ2v) is 5.99. The molecule has 2 heterocycles. The summed E-state index contributed by atoms with van der Waals surface area (Å²) >= 11 is 0. The molecule has 1 saturated heterocycles. The predicted octanol–water partition coefficient (Wildman–Crippen LogP) is 3.32. The molecule has 1 N–H and O–H groups in total. The van der Waals surface area contributed by atoms with Gasteiger partial charge >= 0.3 is 0 Å². The Kier molecular flexibility index (Phi) is 4.08. The topological polar surface area (TPSA) is 26.2 Å². The number of aromatic nitrogens is 1. The quantitative estimate of drug-likeness (QED) is 0.903. The Morgan fingerprint density at radius 1 is 1.35 bits per heavy atom. The van der Waals surface area contributed by atoms with Crippen LogP contribution in [0.25, 0.3) is 10.9 Å².